The van der Waals surface area contributed by atoms with Gasteiger partial charge in [0, 0.05) is 43.2 Å². The molecule has 0 radical (unpaired) electrons. The number of carbonyl (C=O) groups is 1. The maximum atomic E-state index is 12.6. The SMILES string of the molecule is CN/C(=C\SCc1ccncc1)C(=O)NCC(C)CNC(C)c1ccc(OCCCCN(C)C)c(C)c1C. The molecule has 8 heteroatoms. The fraction of sp³-hybridized carbons (Fsp3) is 0.533. The van der Waals surface area contributed by atoms with Crippen LogP contribution < -0.4 is 20.7 Å². The molecule has 38 heavy (non-hydrogen) atoms. The number of hydrogen-bond donors (Lipinski definition) is 3. The van der Waals surface area contributed by atoms with Crippen LogP contribution >= 0.6 is 11.8 Å². The molecule has 2 aromatic rings. The number of rotatable bonds is 17. The van der Waals surface area contributed by atoms with E-state index in [1.807, 2.05) is 17.5 Å². The number of benzene rings is 1. The number of likely N-dealkylation sites (N-methyl/N-ethyl adjacent to an activating group) is 1. The number of ether oxygens (including phenoxy) is 1. The van der Waals surface area contributed by atoms with E-state index in [4.69, 9.17) is 4.74 Å². The van der Waals surface area contributed by atoms with E-state index >= 15 is 0 Å². The first-order valence-electron chi connectivity index (χ1n) is 13.5. The number of unbranched alkanes of at least 4 members (excludes halogenated alkanes) is 1. The molecule has 0 aliphatic heterocycles. The van der Waals surface area contributed by atoms with Crippen LogP contribution in [0.2, 0.25) is 0 Å². The van der Waals surface area contributed by atoms with E-state index in [9.17, 15) is 4.79 Å². The molecule has 210 valence electrons. The fourth-order valence-electron chi connectivity index (χ4n) is 4.00. The molecule has 0 saturated heterocycles. The normalized spacial score (nSPS) is 13.3. The summed E-state index contributed by atoms with van der Waals surface area (Å²) in [6.45, 7) is 11.9. The van der Waals surface area contributed by atoms with Crippen LogP contribution in [0.4, 0.5) is 0 Å². The summed E-state index contributed by atoms with van der Waals surface area (Å²) in [5, 5.41) is 11.6. The van der Waals surface area contributed by atoms with Crippen molar-refractivity contribution in [3.05, 3.63) is 70.0 Å². The number of thioether (sulfide) groups is 1. The van der Waals surface area contributed by atoms with Crippen LogP contribution in [-0.2, 0) is 10.5 Å². The summed E-state index contributed by atoms with van der Waals surface area (Å²) in [4.78, 5) is 18.9. The van der Waals surface area contributed by atoms with Gasteiger partial charge < -0.3 is 25.6 Å². The maximum absolute atomic E-state index is 12.6. The zero-order chi connectivity index (χ0) is 27.9. The minimum absolute atomic E-state index is 0.0848. The van der Waals surface area contributed by atoms with Gasteiger partial charge in [0.05, 0.1) is 6.61 Å². The van der Waals surface area contributed by atoms with Crippen molar-refractivity contribution in [2.45, 2.75) is 52.3 Å². The van der Waals surface area contributed by atoms with E-state index in [0.29, 0.717) is 12.2 Å². The molecule has 2 unspecified atom stereocenters. The molecule has 0 saturated carbocycles. The third-order valence-electron chi connectivity index (χ3n) is 6.60. The average Bonchev–Trinajstić information content (AvgIpc) is 2.91. The summed E-state index contributed by atoms with van der Waals surface area (Å²) in [5.41, 5.74) is 5.50. The smallest absolute Gasteiger partial charge is 0.267 e. The van der Waals surface area contributed by atoms with Gasteiger partial charge in [0.25, 0.3) is 5.91 Å². The third kappa shape index (κ3) is 11.1. The Balaban J connectivity index is 1.77. The van der Waals surface area contributed by atoms with Gasteiger partial charge in [-0.1, -0.05) is 13.0 Å². The van der Waals surface area contributed by atoms with E-state index in [1.165, 1.54) is 22.3 Å². The summed E-state index contributed by atoms with van der Waals surface area (Å²) >= 11 is 1.59. The van der Waals surface area contributed by atoms with Crippen molar-refractivity contribution in [3.63, 3.8) is 0 Å². The molecule has 2 atom stereocenters. The Labute approximate surface area is 234 Å². The average molecular weight is 542 g/mol. The standard InChI is InChI=1S/C30H47N5O2S/c1-22(19-34-30(36)28(31-5)21-38-20-26-12-14-32-15-13-26)18-33-25(4)27-10-11-29(24(3)23(27)2)37-17-9-8-16-35(6)7/h10-15,21-22,25,31,33H,8-9,16-20H2,1-7H3,(H,34,36)/b28-21-. The Hall–Kier alpha value is -2.55. The third-order valence-corrected chi connectivity index (χ3v) is 7.50. The number of carbonyl (C=O) groups excluding carboxylic acids is 1. The van der Waals surface area contributed by atoms with Crippen LogP contribution in [0.15, 0.2) is 47.8 Å². The lowest BCUT2D eigenvalue weighted by atomic mass is 9.97. The zero-order valence-corrected chi connectivity index (χ0v) is 25.1. The number of hydrogen-bond acceptors (Lipinski definition) is 7. The first-order valence-corrected chi connectivity index (χ1v) is 14.5. The Kier molecular flexibility index (Phi) is 14.3. The van der Waals surface area contributed by atoms with Crippen molar-refractivity contribution >= 4 is 17.7 Å². The fourth-order valence-corrected chi connectivity index (χ4v) is 4.86. The predicted molar refractivity (Wildman–Crippen MR) is 160 cm³/mol. The summed E-state index contributed by atoms with van der Waals surface area (Å²) in [6, 6.07) is 8.45. The highest BCUT2D eigenvalue weighted by molar-refractivity contribution is 8.01. The molecule has 0 aliphatic rings. The number of nitrogens with zero attached hydrogens (tertiary/aromatic N) is 2. The number of aromatic nitrogens is 1. The van der Waals surface area contributed by atoms with Crippen molar-refractivity contribution in [2.75, 3.05) is 47.4 Å². The Bertz CT molecular complexity index is 1010. The molecule has 7 nitrogen and oxygen atoms in total. The summed E-state index contributed by atoms with van der Waals surface area (Å²) in [5.74, 6) is 1.97. The van der Waals surface area contributed by atoms with Gasteiger partial charge in [0.1, 0.15) is 11.4 Å². The van der Waals surface area contributed by atoms with Gasteiger partial charge in [-0.05, 0) is 107 Å². The highest BCUT2D eigenvalue weighted by atomic mass is 32.2. The zero-order valence-electron chi connectivity index (χ0n) is 24.3. The Morgan fingerprint density at radius 2 is 1.82 bits per heavy atom. The summed E-state index contributed by atoms with van der Waals surface area (Å²) in [7, 11) is 5.98. The molecule has 3 N–H and O–H groups in total. The van der Waals surface area contributed by atoms with E-state index < -0.39 is 0 Å². The molecule has 1 aromatic carbocycles. The van der Waals surface area contributed by atoms with E-state index in [0.717, 1.165) is 44.0 Å². The summed E-state index contributed by atoms with van der Waals surface area (Å²) in [6.07, 6.45) is 5.76. The topological polar surface area (TPSA) is 78.5 Å². The van der Waals surface area contributed by atoms with Gasteiger partial charge >= 0.3 is 0 Å². The van der Waals surface area contributed by atoms with Crippen LogP contribution in [0.25, 0.3) is 0 Å². The lowest BCUT2D eigenvalue weighted by Gasteiger charge is -2.22. The lowest BCUT2D eigenvalue weighted by Crippen LogP contribution is -2.36. The van der Waals surface area contributed by atoms with Crippen LogP contribution in [0, 0.1) is 19.8 Å². The second kappa shape index (κ2) is 17.1. The van der Waals surface area contributed by atoms with Crippen LogP contribution in [0.1, 0.15) is 55.0 Å². The molecule has 0 aliphatic carbocycles. The van der Waals surface area contributed by atoms with Crippen molar-refractivity contribution < 1.29 is 9.53 Å². The summed E-state index contributed by atoms with van der Waals surface area (Å²) < 4.78 is 6.07. The van der Waals surface area contributed by atoms with Crippen LogP contribution in [0.3, 0.4) is 0 Å². The van der Waals surface area contributed by atoms with Crippen LogP contribution in [0.5, 0.6) is 5.75 Å². The minimum atomic E-state index is -0.0848. The van der Waals surface area contributed by atoms with Gasteiger partial charge in [-0.15, -0.1) is 11.8 Å². The molecular weight excluding hydrogens is 494 g/mol. The van der Waals surface area contributed by atoms with Crippen molar-refractivity contribution in [3.8, 4) is 5.75 Å². The molecule has 0 fully saturated rings. The highest BCUT2D eigenvalue weighted by Crippen LogP contribution is 2.28. The number of amides is 1. The molecule has 0 spiro atoms. The molecular formula is C30H47N5O2S. The first-order chi connectivity index (χ1) is 18.2. The highest BCUT2D eigenvalue weighted by Gasteiger charge is 2.15. The molecule has 2 rings (SSSR count). The lowest BCUT2D eigenvalue weighted by molar-refractivity contribution is -0.117. The van der Waals surface area contributed by atoms with Gasteiger partial charge in [-0.2, -0.15) is 0 Å². The minimum Gasteiger partial charge on any atom is -0.493 e. The maximum Gasteiger partial charge on any atom is 0.267 e. The monoisotopic (exact) mass is 541 g/mol. The van der Waals surface area contributed by atoms with E-state index in [-0.39, 0.29) is 17.9 Å². The van der Waals surface area contributed by atoms with Gasteiger partial charge in [-0.3, -0.25) is 9.78 Å². The van der Waals surface area contributed by atoms with Crippen LogP contribution in [-0.4, -0.2) is 63.2 Å². The van der Waals surface area contributed by atoms with Crippen molar-refractivity contribution in [1.29, 1.82) is 0 Å². The van der Waals surface area contributed by atoms with E-state index in [2.05, 4.69) is 79.8 Å². The second-order valence-corrected chi connectivity index (χ2v) is 11.0. The van der Waals surface area contributed by atoms with Gasteiger partial charge in [0.15, 0.2) is 0 Å². The largest absolute Gasteiger partial charge is 0.493 e. The number of nitrogens with one attached hydrogen (secondary N) is 3. The second-order valence-electron chi connectivity index (χ2n) is 10.2. The molecule has 1 heterocycles. The van der Waals surface area contributed by atoms with Gasteiger partial charge in [0.2, 0.25) is 0 Å². The number of pyridine rings is 1. The van der Waals surface area contributed by atoms with E-state index in [1.54, 1.807) is 31.2 Å². The van der Waals surface area contributed by atoms with Gasteiger partial charge in [-0.25, -0.2) is 0 Å². The molecule has 1 aromatic heterocycles. The van der Waals surface area contributed by atoms with Crippen molar-refractivity contribution in [1.82, 2.24) is 25.8 Å². The predicted octanol–water partition coefficient (Wildman–Crippen LogP) is 4.82. The van der Waals surface area contributed by atoms with Crippen molar-refractivity contribution in [2.24, 2.45) is 5.92 Å². The first kappa shape index (κ1) is 31.7. The quantitative estimate of drug-likeness (QED) is 0.196. The molecule has 1 amide bonds. The Morgan fingerprint density at radius 3 is 2.50 bits per heavy atom. The Morgan fingerprint density at radius 1 is 1.08 bits per heavy atom. The molecule has 0 bridgehead atoms.